The SMILES string of the molecule is CCOc1ccc2nc(SC(C)Cl)sc2c1. The largest absolute Gasteiger partial charge is 0.494 e. The van der Waals surface area contributed by atoms with Crippen LogP contribution in [0.15, 0.2) is 22.5 Å². The van der Waals surface area contributed by atoms with Crippen LogP contribution in [0.1, 0.15) is 13.8 Å². The number of rotatable bonds is 4. The zero-order valence-electron chi connectivity index (χ0n) is 9.07. The number of aromatic nitrogens is 1. The molecule has 0 saturated carbocycles. The molecule has 2 nitrogen and oxygen atoms in total. The number of halogens is 1. The summed E-state index contributed by atoms with van der Waals surface area (Å²) < 4.78 is 7.65. The predicted octanol–water partition coefficient (Wildman–Crippen LogP) is 4.37. The van der Waals surface area contributed by atoms with E-state index in [0.29, 0.717) is 6.61 Å². The fraction of sp³-hybridized carbons (Fsp3) is 0.364. The van der Waals surface area contributed by atoms with Crippen LogP contribution >= 0.6 is 34.7 Å². The van der Waals surface area contributed by atoms with Gasteiger partial charge in [-0.1, -0.05) is 11.8 Å². The molecule has 1 aromatic carbocycles. The molecule has 16 heavy (non-hydrogen) atoms. The topological polar surface area (TPSA) is 22.1 Å². The summed E-state index contributed by atoms with van der Waals surface area (Å²) in [5.41, 5.74) is 1.01. The van der Waals surface area contributed by atoms with E-state index >= 15 is 0 Å². The Bertz CT molecular complexity index is 484. The van der Waals surface area contributed by atoms with Gasteiger partial charge >= 0.3 is 0 Å². The Morgan fingerprint density at radius 1 is 1.56 bits per heavy atom. The van der Waals surface area contributed by atoms with Crippen LogP contribution in [0.25, 0.3) is 10.2 Å². The average Bonchev–Trinajstić information content (AvgIpc) is 2.58. The van der Waals surface area contributed by atoms with E-state index in [4.69, 9.17) is 16.3 Å². The highest BCUT2D eigenvalue weighted by atomic mass is 35.5. The van der Waals surface area contributed by atoms with Crippen molar-refractivity contribution >= 4 is 44.9 Å². The first kappa shape index (κ1) is 12.0. The number of ether oxygens (including phenoxy) is 1. The van der Waals surface area contributed by atoms with Gasteiger partial charge in [-0.2, -0.15) is 0 Å². The lowest BCUT2D eigenvalue weighted by Crippen LogP contribution is -1.89. The van der Waals surface area contributed by atoms with Crippen LogP contribution in [0.3, 0.4) is 0 Å². The van der Waals surface area contributed by atoms with E-state index in [2.05, 4.69) is 4.98 Å². The molecule has 1 unspecified atom stereocenters. The van der Waals surface area contributed by atoms with Gasteiger partial charge in [-0.25, -0.2) is 4.98 Å². The van der Waals surface area contributed by atoms with E-state index in [1.54, 1.807) is 23.1 Å². The molecule has 5 heteroatoms. The molecular weight excluding hydrogens is 262 g/mol. The highest BCUT2D eigenvalue weighted by molar-refractivity contribution is 8.02. The molecule has 1 heterocycles. The molecule has 0 aliphatic rings. The number of benzene rings is 1. The van der Waals surface area contributed by atoms with E-state index in [0.717, 1.165) is 20.3 Å². The minimum absolute atomic E-state index is 0.0481. The highest BCUT2D eigenvalue weighted by Crippen LogP contribution is 2.34. The second-order valence-electron chi connectivity index (χ2n) is 3.20. The number of hydrogen-bond acceptors (Lipinski definition) is 4. The molecule has 2 rings (SSSR count). The maximum absolute atomic E-state index is 5.93. The minimum atomic E-state index is 0.0481. The fourth-order valence-corrected chi connectivity index (χ4v) is 3.79. The average molecular weight is 274 g/mol. The summed E-state index contributed by atoms with van der Waals surface area (Å²) in [5, 5.41) is 0. The zero-order chi connectivity index (χ0) is 11.5. The lowest BCUT2D eigenvalue weighted by atomic mass is 10.3. The first-order valence-electron chi connectivity index (χ1n) is 5.03. The van der Waals surface area contributed by atoms with Gasteiger partial charge in [-0.15, -0.1) is 22.9 Å². The van der Waals surface area contributed by atoms with Gasteiger partial charge in [0.2, 0.25) is 0 Å². The molecule has 0 fully saturated rings. The van der Waals surface area contributed by atoms with Crippen LogP contribution < -0.4 is 4.74 Å². The smallest absolute Gasteiger partial charge is 0.152 e. The summed E-state index contributed by atoms with van der Waals surface area (Å²) in [4.78, 5) is 4.50. The summed E-state index contributed by atoms with van der Waals surface area (Å²) in [6.07, 6.45) is 0. The predicted molar refractivity (Wildman–Crippen MR) is 72.0 cm³/mol. The monoisotopic (exact) mass is 273 g/mol. The summed E-state index contributed by atoms with van der Waals surface area (Å²) in [6.45, 7) is 4.61. The van der Waals surface area contributed by atoms with Crippen molar-refractivity contribution in [3.8, 4) is 5.75 Å². The van der Waals surface area contributed by atoms with Crippen LogP contribution in [-0.4, -0.2) is 16.3 Å². The van der Waals surface area contributed by atoms with E-state index in [-0.39, 0.29) is 4.71 Å². The molecular formula is C11H12ClNOS2. The van der Waals surface area contributed by atoms with Crippen molar-refractivity contribution < 1.29 is 4.74 Å². The summed E-state index contributed by atoms with van der Waals surface area (Å²) in [5.74, 6) is 0.897. The first-order valence-corrected chi connectivity index (χ1v) is 7.16. The van der Waals surface area contributed by atoms with Gasteiger partial charge in [0.05, 0.1) is 21.5 Å². The molecule has 2 aromatic rings. The van der Waals surface area contributed by atoms with E-state index in [1.807, 2.05) is 32.0 Å². The van der Waals surface area contributed by atoms with E-state index in [1.165, 1.54) is 0 Å². The Morgan fingerprint density at radius 3 is 3.06 bits per heavy atom. The maximum Gasteiger partial charge on any atom is 0.152 e. The van der Waals surface area contributed by atoms with Crippen LogP contribution in [0.2, 0.25) is 0 Å². The fourth-order valence-electron chi connectivity index (χ4n) is 1.33. The molecule has 0 bridgehead atoms. The van der Waals surface area contributed by atoms with Crippen molar-refractivity contribution in [2.24, 2.45) is 0 Å². The quantitative estimate of drug-likeness (QED) is 0.610. The van der Waals surface area contributed by atoms with Crippen molar-refractivity contribution in [1.82, 2.24) is 4.98 Å². The standard InChI is InChI=1S/C11H12ClNOS2/c1-3-14-8-4-5-9-10(6-8)16-11(13-9)15-7(2)12/h4-7H,3H2,1-2H3. The summed E-state index contributed by atoms with van der Waals surface area (Å²) in [6, 6.07) is 5.96. The number of thioether (sulfide) groups is 1. The second-order valence-corrected chi connectivity index (χ2v) is 6.74. The van der Waals surface area contributed by atoms with Crippen LogP contribution in [0.4, 0.5) is 0 Å². The molecule has 1 aromatic heterocycles. The van der Waals surface area contributed by atoms with Gasteiger partial charge < -0.3 is 4.74 Å². The molecule has 0 saturated heterocycles. The summed E-state index contributed by atoms with van der Waals surface area (Å²) >= 11 is 9.15. The van der Waals surface area contributed by atoms with Crippen molar-refractivity contribution in [3.05, 3.63) is 18.2 Å². The molecule has 0 spiro atoms. The third-order valence-corrected chi connectivity index (χ3v) is 4.15. The molecule has 1 atom stereocenters. The number of fused-ring (bicyclic) bond motifs is 1. The highest BCUT2D eigenvalue weighted by Gasteiger charge is 2.08. The van der Waals surface area contributed by atoms with Gasteiger partial charge in [0.1, 0.15) is 5.75 Å². The molecule has 0 N–H and O–H groups in total. The third kappa shape index (κ3) is 2.81. The Hall–Kier alpha value is -0.450. The van der Waals surface area contributed by atoms with Gasteiger partial charge in [-0.3, -0.25) is 0 Å². The normalized spacial score (nSPS) is 12.9. The second kappa shape index (κ2) is 5.25. The number of hydrogen-bond donors (Lipinski definition) is 0. The van der Waals surface area contributed by atoms with Gasteiger partial charge in [-0.05, 0) is 32.0 Å². The van der Waals surface area contributed by atoms with Crippen LogP contribution in [0, 0.1) is 0 Å². The Morgan fingerprint density at radius 2 is 2.38 bits per heavy atom. The lowest BCUT2D eigenvalue weighted by molar-refractivity contribution is 0.341. The van der Waals surface area contributed by atoms with E-state index in [9.17, 15) is 0 Å². The van der Waals surface area contributed by atoms with Gasteiger partial charge in [0.25, 0.3) is 0 Å². The van der Waals surface area contributed by atoms with Gasteiger partial charge in [0, 0.05) is 0 Å². The van der Waals surface area contributed by atoms with Crippen LogP contribution in [-0.2, 0) is 0 Å². The third-order valence-electron chi connectivity index (χ3n) is 1.91. The molecule has 0 aliphatic heterocycles. The van der Waals surface area contributed by atoms with Crippen molar-refractivity contribution in [3.63, 3.8) is 0 Å². The first-order chi connectivity index (χ1) is 7.69. The van der Waals surface area contributed by atoms with Crippen molar-refractivity contribution in [1.29, 1.82) is 0 Å². The maximum atomic E-state index is 5.93. The van der Waals surface area contributed by atoms with Crippen molar-refractivity contribution in [2.75, 3.05) is 6.61 Å². The number of alkyl halides is 1. The van der Waals surface area contributed by atoms with Crippen molar-refractivity contribution in [2.45, 2.75) is 22.9 Å². The molecule has 0 aliphatic carbocycles. The number of thiazole rings is 1. The Labute approximate surface area is 108 Å². The minimum Gasteiger partial charge on any atom is -0.494 e. The molecule has 0 radical (unpaired) electrons. The number of nitrogens with zero attached hydrogens (tertiary/aromatic N) is 1. The zero-order valence-corrected chi connectivity index (χ0v) is 11.5. The van der Waals surface area contributed by atoms with Crippen LogP contribution in [0.5, 0.6) is 5.75 Å². The Kier molecular flexibility index (Phi) is 3.95. The molecule has 0 amide bonds. The van der Waals surface area contributed by atoms with E-state index < -0.39 is 0 Å². The summed E-state index contributed by atoms with van der Waals surface area (Å²) in [7, 11) is 0. The Balaban J connectivity index is 2.30. The molecule has 86 valence electrons. The van der Waals surface area contributed by atoms with Gasteiger partial charge in [0.15, 0.2) is 4.34 Å². The lowest BCUT2D eigenvalue weighted by Gasteiger charge is -2.00.